The number of ketones is 1. The van der Waals surface area contributed by atoms with Gasteiger partial charge in [-0.1, -0.05) is 42.1 Å². The van der Waals surface area contributed by atoms with E-state index in [9.17, 15) is 4.79 Å². The van der Waals surface area contributed by atoms with Gasteiger partial charge in [0.15, 0.2) is 5.78 Å². The molecule has 0 bridgehead atoms. The normalized spacial score (nSPS) is 12.4. The predicted molar refractivity (Wildman–Crippen MR) is 69.3 cm³/mol. The van der Waals surface area contributed by atoms with Crippen LogP contribution in [0.5, 0.6) is 5.75 Å². The Morgan fingerprint density at radius 2 is 1.94 bits per heavy atom. The molecule has 88 valence electrons. The van der Waals surface area contributed by atoms with Gasteiger partial charge in [0.25, 0.3) is 0 Å². The number of benzene rings is 1. The average molecular weight is 285 g/mol. The lowest BCUT2D eigenvalue weighted by molar-refractivity contribution is 0.0988. The second kappa shape index (κ2) is 6.69. The molecule has 0 aliphatic carbocycles. The van der Waals surface area contributed by atoms with E-state index < -0.39 is 0 Å². The van der Waals surface area contributed by atoms with E-state index in [1.165, 1.54) is 0 Å². The zero-order valence-electron chi connectivity index (χ0n) is 9.45. The minimum atomic E-state index is -0.108. The van der Waals surface area contributed by atoms with E-state index in [1.54, 1.807) is 24.3 Å². The van der Waals surface area contributed by atoms with Crippen molar-refractivity contribution in [1.29, 1.82) is 0 Å². The Hall–Kier alpha value is -0.830. The largest absolute Gasteiger partial charge is 0.508 e. The third-order valence-corrected chi connectivity index (χ3v) is 3.37. The van der Waals surface area contributed by atoms with Gasteiger partial charge in [-0.3, -0.25) is 4.79 Å². The highest BCUT2D eigenvalue weighted by atomic mass is 79.9. The van der Waals surface area contributed by atoms with Gasteiger partial charge in [-0.25, -0.2) is 0 Å². The molecule has 0 radical (unpaired) electrons. The van der Waals surface area contributed by atoms with Crippen LogP contribution in [0.25, 0.3) is 0 Å². The van der Waals surface area contributed by atoms with Crippen molar-refractivity contribution >= 4 is 21.7 Å². The molecule has 1 rings (SSSR count). The van der Waals surface area contributed by atoms with Crippen molar-refractivity contribution < 1.29 is 9.90 Å². The summed E-state index contributed by atoms with van der Waals surface area (Å²) in [6, 6.07) is 6.40. The summed E-state index contributed by atoms with van der Waals surface area (Å²) in [6.45, 7) is 2.14. The summed E-state index contributed by atoms with van der Waals surface area (Å²) in [6.07, 6.45) is 4.25. The number of halogens is 1. The molecule has 1 N–H and O–H groups in total. The van der Waals surface area contributed by atoms with E-state index >= 15 is 0 Å². The molecule has 0 saturated heterocycles. The van der Waals surface area contributed by atoms with Crippen molar-refractivity contribution in [1.82, 2.24) is 0 Å². The van der Waals surface area contributed by atoms with E-state index in [0.29, 0.717) is 5.56 Å². The number of unbranched alkanes of at least 4 members (excludes halogenated alkanes) is 2. The fourth-order valence-electron chi connectivity index (χ4n) is 1.51. The Labute approximate surface area is 105 Å². The summed E-state index contributed by atoms with van der Waals surface area (Å²) < 4.78 is 0. The molecule has 1 aromatic rings. The van der Waals surface area contributed by atoms with Crippen LogP contribution in [0, 0.1) is 0 Å². The van der Waals surface area contributed by atoms with Gasteiger partial charge in [0.2, 0.25) is 0 Å². The first-order valence-electron chi connectivity index (χ1n) is 5.62. The number of rotatable bonds is 6. The highest BCUT2D eigenvalue weighted by molar-refractivity contribution is 9.10. The molecule has 2 nitrogen and oxygen atoms in total. The molecule has 1 atom stereocenters. The number of phenolic OH excluding ortho intramolecular Hbond substituents is 1. The SMILES string of the molecule is CCCCCC(Br)C(=O)c1ccc(O)cc1. The number of hydrogen-bond acceptors (Lipinski definition) is 2. The van der Waals surface area contributed by atoms with Crippen molar-refractivity contribution in [3.63, 3.8) is 0 Å². The molecule has 0 saturated carbocycles. The second-order valence-corrected chi connectivity index (χ2v) is 4.98. The lowest BCUT2D eigenvalue weighted by Gasteiger charge is -2.08. The molecule has 16 heavy (non-hydrogen) atoms. The highest BCUT2D eigenvalue weighted by Crippen LogP contribution is 2.18. The van der Waals surface area contributed by atoms with Crippen molar-refractivity contribution in [2.75, 3.05) is 0 Å². The molecular weight excluding hydrogens is 268 g/mol. The van der Waals surface area contributed by atoms with Gasteiger partial charge in [-0.2, -0.15) is 0 Å². The molecule has 0 aliphatic rings. The maximum atomic E-state index is 11.9. The lowest BCUT2D eigenvalue weighted by atomic mass is 10.0. The third kappa shape index (κ3) is 3.97. The van der Waals surface area contributed by atoms with Crippen molar-refractivity contribution in [2.24, 2.45) is 0 Å². The number of carbonyl (C=O) groups excluding carboxylic acids is 1. The van der Waals surface area contributed by atoms with Crippen LogP contribution >= 0.6 is 15.9 Å². The van der Waals surface area contributed by atoms with E-state index in [1.807, 2.05) is 0 Å². The number of aromatic hydroxyl groups is 1. The Balaban J connectivity index is 2.53. The molecule has 0 amide bonds. The topological polar surface area (TPSA) is 37.3 Å². The molecule has 0 spiro atoms. The van der Waals surface area contributed by atoms with E-state index in [-0.39, 0.29) is 16.4 Å². The highest BCUT2D eigenvalue weighted by Gasteiger charge is 2.16. The smallest absolute Gasteiger partial charge is 0.176 e. The van der Waals surface area contributed by atoms with Gasteiger partial charge in [0, 0.05) is 5.56 Å². The zero-order chi connectivity index (χ0) is 12.0. The number of phenols is 1. The third-order valence-electron chi connectivity index (χ3n) is 2.50. The maximum Gasteiger partial charge on any atom is 0.176 e. The summed E-state index contributed by atoms with van der Waals surface area (Å²) in [5.41, 5.74) is 0.649. The summed E-state index contributed by atoms with van der Waals surface area (Å²) in [7, 11) is 0. The maximum absolute atomic E-state index is 11.9. The average Bonchev–Trinajstić information content (AvgIpc) is 2.29. The first-order valence-corrected chi connectivity index (χ1v) is 6.54. The summed E-state index contributed by atoms with van der Waals surface area (Å²) in [5.74, 6) is 0.282. The van der Waals surface area contributed by atoms with Gasteiger partial charge in [-0.15, -0.1) is 0 Å². The minimum Gasteiger partial charge on any atom is -0.508 e. The van der Waals surface area contributed by atoms with Crippen LogP contribution < -0.4 is 0 Å². The van der Waals surface area contributed by atoms with Crippen LogP contribution in [0.15, 0.2) is 24.3 Å². The van der Waals surface area contributed by atoms with Gasteiger partial charge < -0.3 is 5.11 Å². The van der Waals surface area contributed by atoms with Gasteiger partial charge in [0.1, 0.15) is 5.75 Å². The Bertz CT molecular complexity index is 332. The summed E-state index contributed by atoms with van der Waals surface area (Å²) >= 11 is 3.42. The number of alkyl halides is 1. The number of hydrogen-bond donors (Lipinski definition) is 1. The fraction of sp³-hybridized carbons (Fsp3) is 0.462. The summed E-state index contributed by atoms with van der Waals surface area (Å²) in [5, 5.41) is 9.13. The minimum absolute atomic E-state index is 0.0936. The van der Waals surface area contributed by atoms with Crippen LogP contribution in [-0.2, 0) is 0 Å². The number of carbonyl (C=O) groups is 1. The van der Waals surface area contributed by atoms with Crippen molar-refractivity contribution in [2.45, 2.75) is 37.4 Å². The first kappa shape index (κ1) is 13.2. The molecule has 0 heterocycles. The Morgan fingerprint density at radius 1 is 1.31 bits per heavy atom. The van der Waals surface area contributed by atoms with Crippen LogP contribution in [0.1, 0.15) is 43.0 Å². The Kier molecular flexibility index (Phi) is 5.53. The Morgan fingerprint density at radius 3 is 2.50 bits per heavy atom. The predicted octanol–water partition coefficient (Wildman–Crippen LogP) is 3.92. The molecule has 0 aromatic heterocycles. The second-order valence-electron chi connectivity index (χ2n) is 3.87. The molecule has 0 fully saturated rings. The fourth-order valence-corrected chi connectivity index (χ4v) is 2.10. The summed E-state index contributed by atoms with van der Waals surface area (Å²) in [4.78, 5) is 11.8. The molecule has 1 unspecified atom stereocenters. The molecule has 0 aliphatic heterocycles. The van der Waals surface area contributed by atoms with Gasteiger partial charge in [-0.05, 0) is 30.7 Å². The van der Waals surface area contributed by atoms with Crippen molar-refractivity contribution in [3.8, 4) is 5.75 Å². The van der Waals surface area contributed by atoms with E-state index in [4.69, 9.17) is 5.11 Å². The van der Waals surface area contributed by atoms with Crippen LogP contribution in [0.2, 0.25) is 0 Å². The van der Waals surface area contributed by atoms with Gasteiger partial charge >= 0.3 is 0 Å². The van der Waals surface area contributed by atoms with Gasteiger partial charge in [0.05, 0.1) is 4.83 Å². The first-order chi connectivity index (χ1) is 7.65. The quantitative estimate of drug-likeness (QED) is 0.488. The molecule has 1 aromatic carbocycles. The zero-order valence-corrected chi connectivity index (χ0v) is 11.0. The van der Waals surface area contributed by atoms with E-state index in [0.717, 1.165) is 25.7 Å². The standard InChI is InChI=1S/C13H17BrO2/c1-2-3-4-5-12(14)13(16)10-6-8-11(15)9-7-10/h6-9,12,15H,2-5H2,1H3. The van der Waals surface area contributed by atoms with Crippen LogP contribution in [0.4, 0.5) is 0 Å². The molecule has 3 heteroatoms. The van der Waals surface area contributed by atoms with Crippen LogP contribution in [-0.4, -0.2) is 15.7 Å². The monoisotopic (exact) mass is 284 g/mol. The number of Topliss-reactive ketones (excluding diaryl/α,β-unsaturated/α-hetero) is 1. The molecular formula is C13H17BrO2. The van der Waals surface area contributed by atoms with E-state index in [2.05, 4.69) is 22.9 Å². The lowest BCUT2D eigenvalue weighted by Crippen LogP contribution is -2.13. The van der Waals surface area contributed by atoms with Crippen molar-refractivity contribution in [3.05, 3.63) is 29.8 Å². The van der Waals surface area contributed by atoms with Crippen LogP contribution in [0.3, 0.4) is 0 Å².